The number of fused-ring (bicyclic) bond motifs is 2. The summed E-state index contributed by atoms with van der Waals surface area (Å²) in [5.74, 6) is -0.634. The zero-order valence-electron chi connectivity index (χ0n) is 30.6. The van der Waals surface area contributed by atoms with E-state index in [-0.39, 0.29) is 11.8 Å². The van der Waals surface area contributed by atoms with Crippen LogP contribution in [0.3, 0.4) is 0 Å². The van der Waals surface area contributed by atoms with Crippen LogP contribution in [0.2, 0.25) is 5.02 Å². The van der Waals surface area contributed by atoms with Crippen LogP contribution in [0.5, 0.6) is 0 Å². The third kappa shape index (κ3) is 6.52. The summed E-state index contributed by atoms with van der Waals surface area (Å²) >= 11 is 6.97. The first-order valence-electron chi connectivity index (χ1n) is 18.2. The van der Waals surface area contributed by atoms with Crippen LogP contribution in [0.4, 0.5) is 11.4 Å². The summed E-state index contributed by atoms with van der Waals surface area (Å²) in [5, 5.41) is 16.1. The second kappa shape index (κ2) is 14.1. The molecule has 2 aromatic carbocycles. The Hall–Kier alpha value is -4.52. The SMILES string of the molecule is CCN1CCc2c(nc(C(=O)Nc3cccc(-c4cccc(NC(=O)c5nc6c(n5C)CCN(C5CCC(C)(C(=O)O)CC5)C6)c4C)c3Cl)n2C)C1. The highest BCUT2D eigenvalue weighted by molar-refractivity contribution is 6.36. The molecule has 4 heterocycles. The van der Waals surface area contributed by atoms with Gasteiger partial charge in [-0.1, -0.05) is 42.8 Å². The minimum atomic E-state index is -0.712. The summed E-state index contributed by atoms with van der Waals surface area (Å²) in [4.78, 5) is 53.2. The number of carbonyl (C=O) groups is 3. The van der Waals surface area contributed by atoms with Crippen LogP contribution in [0.25, 0.3) is 11.1 Å². The van der Waals surface area contributed by atoms with E-state index in [9.17, 15) is 19.5 Å². The number of amides is 2. The van der Waals surface area contributed by atoms with E-state index in [1.165, 1.54) is 0 Å². The average Bonchev–Trinajstić information content (AvgIpc) is 3.65. The fraction of sp³-hybridized carbons (Fsp3) is 0.462. The number of nitrogens with one attached hydrogen (secondary N) is 2. The third-order valence-electron chi connectivity index (χ3n) is 11.7. The molecule has 4 aromatic rings. The molecule has 2 aromatic heterocycles. The standard InChI is InChI=1S/C39H47ClN8O4/c1-6-47-19-15-31-29(21-47)41-35(45(31)4)37(50)44-28-12-8-10-26(33(28)40)25-9-7-11-27(23(25)2)43-36(49)34-42-30-22-48(20-16-32(30)46(34)5)24-13-17-39(3,18-14-24)38(51)52/h7-12,24H,6,13-22H2,1-5H3,(H,43,49)(H,44,50)(H,51,52). The molecule has 274 valence electrons. The van der Waals surface area contributed by atoms with Crippen LogP contribution in [0, 0.1) is 12.3 Å². The highest BCUT2D eigenvalue weighted by atomic mass is 35.5. The monoisotopic (exact) mass is 726 g/mol. The number of aliphatic carboxylic acids is 1. The maximum Gasteiger partial charge on any atom is 0.309 e. The Morgan fingerprint density at radius 3 is 2.04 bits per heavy atom. The number of carboxylic acids is 1. The second-order valence-electron chi connectivity index (χ2n) is 14.8. The minimum absolute atomic E-state index is 0.300. The molecule has 0 bridgehead atoms. The number of imidazole rings is 2. The van der Waals surface area contributed by atoms with Crippen molar-refractivity contribution in [2.45, 2.75) is 78.4 Å². The first-order chi connectivity index (χ1) is 24.9. The van der Waals surface area contributed by atoms with E-state index < -0.39 is 11.4 Å². The van der Waals surface area contributed by atoms with E-state index in [4.69, 9.17) is 21.6 Å². The van der Waals surface area contributed by atoms with Gasteiger partial charge in [-0.05, 0) is 69.3 Å². The average molecular weight is 727 g/mol. The first kappa shape index (κ1) is 35.9. The molecule has 0 saturated heterocycles. The lowest BCUT2D eigenvalue weighted by Crippen LogP contribution is -2.44. The van der Waals surface area contributed by atoms with E-state index in [1.807, 2.05) is 67.4 Å². The second-order valence-corrected chi connectivity index (χ2v) is 15.1. The highest BCUT2D eigenvalue weighted by Crippen LogP contribution is 2.40. The van der Waals surface area contributed by atoms with Crippen LogP contribution in [-0.2, 0) is 44.8 Å². The molecule has 0 radical (unpaired) electrons. The van der Waals surface area contributed by atoms with Crippen LogP contribution in [-0.4, -0.2) is 77.5 Å². The first-order valence-corrected chi connectivity index (χ1v) is 18.6. The van der Waals surface area contributed by atoms with Crippen molar-refractivity contribution in [2.24, 2.45) is 19.5 Å². The summed E-state index contributed by atoms with van der Waals surface area (Å²) in [5.41, 5.74) is 6.82. The number of anilines is 2. The number of nitrogens with zero attached hydrogens (tertiary/aromatic N) is 6. The summed E-state index contributed by atoms with van der Waals surface area (Å²) in [7, 11) is 3.77. The normalized spacial score (nSPS) is 20.6. The number of carboxylic acid groups (broad SMARTS) is 1. The topological polar surface area (TPSA) is 138 Å². The lowest BCUT2D eigenvalue weighted by atomic mass is 9.73. The van der Waals surface area contributed by atoms with Crippen molar-refractivity contribution in [1.29, 1.82) is 0 Å². The largest absolute Gasteiger partial charge is 0.481 e. The molecule has 2 aliphatic heterocycles. The molecular weight excluding hydrogens is 680 g/mol. The van der Waals surface area contributed by atoms with Crippen molar-refractivity contribution < 1.29 is 19.5 Å². The van der Waals surface area contributed by atoms with Gasteiger partial charge in [0, 0.05) is 81.8 Å². The van der Waals surface area contributed by atoms with Gasteiger partial charge in [0.2, 0.25) is 0 Å². The molecule has 0 spiro atoms. The smallest absolute Gasteiger partial charge is 0.309 e. The van der Waals surface area contributed by atoms with Gasteiger partial charge in [-0.2, -0.15) is 0 Å². The maximum atomic E-state index is 13.7. The van der Waals surface area contributed by atoms with Gasteiger partial charge in [0.05, 0.1) is 27.5 Å². The van der Waals surface area contributed by atoms with Gasteiger partial charge in [0.15, 0.2) is 11.6 Å². The number of benzene rings is 2. The zero-order valence-corrected chi connectivity index (χ0v) is 31.3. The van der Waals surface area contributed by atoms with Crippen LogP contribution in [0.15, 0.2) is 36.4 Å². The number of hydrogen-bond acceptors (Lipinski definition) is 7. The van der Waals surface area contributed by atoms with Crippen LogP contribution in [0.1, 0.15) is 89.1 Å². The van der Waals surface area contributed by atoms with Crippen molar-refractivity contribution in [1.82, 2.24) is 28.9 Å². The van der Waals surface area contributed by atoms with Gasteiger partial charge < -0.3 is 24.9 Å². The van der Waals surface area contributed by atoms with Gasteiger partial charge in [-0.15, -0.1) is 0 Å². The predicted octanol–water partition coefficient (Wildman–Crippen LogP) is 6.06. The van der Waals surface area contributed by atoms with Gasteiger partial charge in [0.1, 0.15) is 0 Å². The Balaban J connectivity index is 1.06. The van der Waals surface area contributed by atoms with Gasteiger partial charge in [-0.25, -0.2) is 9.97 Å². The molecule has 0 atom stereocenters. The van der Waals surface area contributed by atoms with Gasteiger partial charge >= 0.3 is 5.97 Å². The highest BCUT2D eigenvalue weighted by Gasteiger charge is 2.40. The lowest BCUT2D eigenvalue weighted by molar-refractivity contribution is -0.150. The van der Waals surface area contributed by atoms with E-state index >= 15 is 0 Å². The molecule has 13 heteroatoms. The van der Waals surface area contributed by atoms with Crippen LogP contribution < -0.4 is 10.6 Å². The Bertz CT molecular complexity index is 2060. The van der Waals surface area contributed by atoms with Crippen LogP contribution >= 0.6 is 11.6 Å². The molecule has 2 amide bonds. The Morgan fingerprint density at radius 1 is 0.865 bits per heavy atom. The molecule has 7 rings (SSSR count). The number of likely N-dealkylation sites (N-methyl/N-ethyl adjacent to an activating group) is 1. The van der Waals surface area contributed by atoms with E-state index in [1.54, 1.807) is 6.07 Å². The Kier molecular flexibility index (Phi) is 9.75. The minimum Gasteiger partial charge on any atom is -0.481 e. The molecule has 1 fully saturated rings. The van der Waals surface area contributed by atoms with E-state index in [2.05, 4.69) is 27.4 Å². The number of aromatic nitrogens is 4. The van der Waals surface area contributed by atoms with Crippen molar-refractivity contribution >= 4 is 40.8 Å². The molecular formula is C39H47ClN8O4. The van der Waals surface area contributed by atoms with Crippen molar-refractivity contribution in [2.75, 3.05) is 30.3 Å². The fourth-order valence-corrected chi connectivity index (χ4v) is 8.47. The fourth-order valence-electron chi connectivity index (χ4n) is 8.19. The molecule has 12 nitrogen and oxygen atoms in total. The molecule has 1 aliphatic carbocycles. The molecule has 1 saturated carbocycles. The summed E-state index contributed by atoms with van der Waals surface area (Å²) in [6.45, 7) is 10.0. The number of carbonyl (C=O) groups excluding carboxylic acids is 2. The predicted molar refractivity (Wildman–Crippen MR) is 201 cm³/mol. The zero-order chi connectivity index (χ0) is 36.9. The van der Waals surface area contributed by atoms with Crippen molar-refractivity contribution in [3.8, 4) is 11.1 Å². The van der Waals surface area contributed by atoms with Gasteiger partial charge in [0.25, 0.3) is 11.8 Å². The number of hydrogen-bond donors (Lipinski definition) is 3. The van der Waals surface area contributed by atoms with E-state index in [0.717, 1.165) is 91.3 Å². The quantitative estimate of drug-likeness (QED) is 0.200. The van der Waals surface area contributed by atoms with E-state index in [0.29, 0.717) is 53.5 Å². The lowest BCUT2D eigenvalue weighted by Gasteiger charge is -2.41. The summed E-state index contributed by atoms with van der Waals surface area (Å²) < 4.78 is 3.78. The summed E-state index contributed by atoms with van der Waals surface area (Å²) in [6, 6.07) is 11.5. The maximum absolute atomic E-state index is 13.7. The molecule has 0 unspecified atom stereocenters. The van der Waals surface area contributed by atoms with Crippen molar-refractivity contribution in [3.63, 3.8) is 0 Å². The number of rotatable bonds is 8. The Labute approximate surface area is 309 Å². The Morgan fingerprint density at radius 2 is 1.42 bits per heavy atom. The third-order valence-corrected chi connectivity index (χ3v) is 12.1. The van der Waals surface area contributed by atoms with Gasteiger partial charge in [-0.3, -0.25) is 24.2 Å². The molecule has 3 aliphatic rings. The summed E-state index contributed by atoms with van der Waals surface area (Å²) in [6.07, 6.45) is 4.65. The van der Waals surface area contributed by atoms with Crippen molar-refractivity contribution in [3.05, 3.63) is 81.4 Å². The molecule has 3 N–H and O–H groups in total. The molecule has 52 heavy (non-hydrogen) atoms. The number of halogens is 1.